The Labute approximate surface area is 204 Å². The number of carbonyl (C=O) groups is 3. The molecule has 1 saturated heterocycles. The fraction of sp³-hybridized carbons (Fsp3) is 0.640. The Morgan fingerprint density at radius 2 is 1.80 bits per heavy atom. The van der Waals surface area contributed by atoms with Crippen molar-refractivity contribution in [1.29, 1.82) is 0 Å². The molecule has 0 radical (unpaired) electrons. The summed E-state index contributed by atoms with van der Waals surface area (Å²) in [5, 5.41) is 0. The summed E-state index contributed by atoms with van der Waals surface area (Å²) in [6, 6.07) is 7.30. The highest BCUT2D eigenvalue weighted by Gasteiger charge is 2.49. The average Bonchev–Trinajstić information content (AvgIpc) is 2.93. The minimum absolute atomic E-state index is 0.0739. The molecular formula is C25H35F3N3O4+. The predicted octanol–water partition coefficient (Wildman–Crippen LogP) is 4.12. The largest absolute Gasteiger partial charge is 0.497 e. The number of ketones is 1. The minimum atomic E-state index is -5.05. The molecule has 1 aromatic carbocycles. The fourth-order valence-corrected chi connectivity index (χ4v) is 4.96. The molecule has 194 valence electrons. The molecule has 2 aliphatic rings. The lowest BCUT2D eigenvalue weighted by Gasteiger charge is -2.43. The Morgan fingerprint density at radius 1 is 1.11 bits per heavy atom. The van der Waals surface area contributed by atoms with E-state index in [2.05, 4.69) is 18.7 Å². The summed E-state index contributed by atoms with van der Waals surface area (Å²) >= 11 is 0. The first-order chi connectivity index (χ1) is 16.6. The van der Waals surface area contributed by atoms with Crippen LogP contribution in [-0.4, -0.2) is 78.7 Å². The first kappa shape index (κ1) is 27.1. The zero-order valence-corrected chi connectivity index (χ0v) is 20.5. The number of nitrogens with zero attached hydrogens (tertiary/aromatic N) is 3. The van der Waals surface area contributed by atoms with E-state index in [4.69, 9.17) is 4.84 Å². The van der Waals surface area contributed by atoms with Gasteiger partial charge in [-0.1, -0.05) is 25.5 Å². The highest BCUT2D eigenvalue weighted by Crippen LogP contribution is 2.28. The van der Waals surface area contributed by atoms with Gasteiger partial charge in [-0.3, -0.25) is 19.3 Å². The van der Waals surface area contributed by atoms with E-state index in [0.29, 0.717) is 49.8 Å². The van der Waals surface area contributed by atoms with E-state index in [9.17, 15) is 27.6 Å². The highest BCUT2D eigenvalue weighted by molar-refractivity contribution is 6.10. The molecule has 0 aromatic heterocycles. The summed E-state index contributed by atoms with van der Waals surface area (Å²) in [7, 11) is 0. The number of fused-ring (bicyclic) bond motifs is 1. The number of Topliss-reactive ketones (excluding diaryl/α,β-unsaturated/α-hetero) is 1. The number of halogens is 3. The fourth-order valence-electron chi connectivity index (χ4n) is 4.96. The number of para-hydroxylation sites is 1. The number of amides is 1. The summed E-state index contributed by atoms with van der Waals surface area (Å²) in [4.78, 5) is 45.6. The lowest BCUT2D eigenvalue weighted by Crippen LogP contribution is -2.62. The lowest BCUT2D eigenvalue weighted by molar-refractivity contribution is -1.09. The van der Waals surface area contributed by atoms with Crippen molar-refractivity contribution in [2.75, 3.05) is 44.2 Å². The van der Waals surface area contributed by atoms with Crippen LogP contribution in [0.2, 0.25) is 0 Å². The van der Waals surface area contributed by atoms with Crippen molar-refractivity contribution < 1.29 is 37.0 Å². The van der Waals surface area contributed by atoms with Gasteiger partial charge in [-0.2, -0.15) is 13.2 Å². The predicted molar refractivity (Wildman–Crippen MR) is 125 cm³/mol. The molecule has 2 aliphatic heterocycles. The maximum absolute atomic E-state index is 13.0. The molecule has 1 aromatic rings. The van der Waals surface area contributed by atoms with Crippen LogP contribution in [-0.2, 0) is 14.4 Å². The summed E-state index contributed by atoms with van der Waals surface area (Å²) in [5.41, 5.74) is 1.09. The Morgan fingerprint density at radius 3 is 2.46 bits per heavy atom. The van der Waals surface area contributed by atoms with Gasteiger partial charge in [0.15, 0.2) is 5.78 Å². The molecule has 0 aliphatic carbocycles. The first-order valence-electron chi connectivity index (χ1n) is 12.4. The summed E-state index contributed by atoms with van der Waals surface area (Å²) in [6.45, 7) is 6.45. The first-order valence-corrected chi connectivity index (χ1v) is 12.4. The molecule has 2 heterocycles. The molecule has 1 fully saturated rings. The second kappa shape index (κ2) is 11.5. The van der Waals surface area contributed by atoms with Gasteiger partial charge in [-0.15, -0.1) is 4.65 Å². The number of piperazine rings is 1. The SMILES string of the molecule is CCCC(C)N1CC[N+](CCCCN2C(=O)CCC(=O)c3ccccc32)(OC(=O)C(F)(F)F)CC1. The van der Waals surface area contributed by atoms with E-state index in [0.717, 1.165) is 12.8 Å². The average molecular weight is 499 g/mol. The number of alkyl halides is 3. The van der Waals surface area contributed by atoms with Crippen LogP contribution < -0.4 is 4.90 Å². The maximum atomic E-state index is 13.0. The molecule has 10 heteroatoms. The molecule has 0 spiro atoms. The van der Waals surface area contributed by atoms with Crippen LogP contribution in [0, 0.1) is 0 Å². The van der Waals surface area contributed by atoms with E-state index in [1.165, 1.54) is 0 Å². The molecule has 1 amide bonds. The van der Waals surface area contributed by atoms with Crippen molar-refractivity contribution in [2.45, 2.75) is 64.6 Å². The summed E-state index contributed by atoms with van der Waals surface area (Å²) in [6.07, 6.45) is -1.77. The number of hydroxylamine groups is 3. The number of carbonyl (C=O) groups excluding carboxylic acids is 3. The smallest absolute Gasteiger partial charge is 0.312 e. The van der Waals surface area contributed by atoms with Crippen LogP contribution >= 0.6 is 0 Å². The molecule has 3 rings (SSSR count). The van der Waals surface area contributed by atoms with E-state index >= 15 is 0 Å². The standard InChI is InChI=1S/C25H35F3N3O4/c1-3-8-19(2)29-14-17-31(18-15-29,35-24(34)25(26,27)28)16-7-6-13-30-21-10-5-4-9-20(21)22(32)11-12-23(30)33/h4-5,9-10,19H,3,6-8,11-18H2,1-2H3/q+1. The van der Waals surface area contributed by atoms with Crippen molar-refractivity contribution in [3.8, 4) is 0 Å². The Bertz CT molecular complexity index is 913. The maximum Gasteiger partial charge on any atom is 0.497 e. The number of unbranched alkanes of at least 4 members (excludes halogenated alkanes) is 1. The number of hydrogen-bond donors (Lipinski definition) is 0. The van der Waals surface area contributed by atoms with Gasteiger partial charge in [0.2, 0.25) is 5.91 Å². The van der Waals surface area contributed by atoms with Crippen LogP contribution in [0.5, 0.6) is 0 Å². The Kier molecular flexibility index (Phi) is 8.93. The second-order valence-corrected chi connectivity index (χ2v) is 9.47. The summed E-state index contributed by atoms with van der Waals surface area (Å²) < 4.78 is 38.6. The van der Waals surface area contributed by atoms with Gasteiger partial charge in [-0.25, -0.2) is 4.79 Å². The second-order valence-electron chi connectivity index (χ2n) is 9.47. The van der Waals surface area contributed by atoms with Crippen LogP contribution in [0.15, 0.2) is 24.3 Å². The van der Waals surface area contributed by atoms with Crippen LogP contribution in [0.1, 0.15) is 62.7 Å². The van der Waals surface area contributed by atoms with Gasteiger partial charge in [0.05, 0.1) is 18.8 Å². The number of quaternary nitrogens is 1. The van der Waals surface area contributed by atoms with Crippen molar-refractivity contribution in [3.63, 3.8) is 0 Å². The molecule has 7 nitrogen and oxygen atoms in total. The number of hydrogen-bond acceptors (Lipinski definition) is 5. The third-order valence-electron chi connectivity index (χ3n) is 6.99. The van der Waals surface area contributed by atoms with Crippen molar-refractivity contribution in [2.24, 2.45) is 0 Å². The van der Waals surface area contributed by atoms with E-state index < -0.39 is 12.1 Å². The van der Waals surface area contributed by atoms with E-state index in [-0.39, 0.29) is 48.8 Å². The highest BCUT2D eigenvalue weighted by atomic mass is 19.4. The Balaban J connectivity index is 1.65. The van der Waals surface area contributed by atoms with Crippen molar-refractivity contribution in [1.82, 2.24) is 4.90 Å². The number of benzene rings is 1. The van der Waals surface area contributed by atoms with Gasteiger partial charge in [0, 0.05) is 37.4 Å². The van der Waals surface area contributed by atoms with Gasteiger partial charge in [0.1, 0.15) is 19.6 Å². The topological polar surface area (TPSA) is 66.9 Å². The molecule has 35 heavy (non-hydrogen) atoms. The molecule has 1 atom stereocenters. The molecule has 0 saturated carbocycles. The van der Waals surface area contributed by atoms with Crippen LogP contribution in [0.4, 0.5) is 18.9 Å². The third-order valence-corrected chi connectivity index (χ3v) is 6.99. The van der Waals surface area contributed by atoms with Gasteiger partial charge in [0.25, 0.3) is 0 Å². The molecule has 0 N–H and O–H groups in total. The molecule has 0 bridgehead atoms. The molecular weight excluding hydrogens is 463 g/mol. The van der Waals surface area contributed by atoms with Gasteiger partial charge >= 0.3 is 12.1 Å². The minimum Gasteiger partial charge on any atom is -0.312 e. The normalized spacial score (nSPS) is 19.7. The van der Waals surface area contributed by atoms with Gasteiger partial charge < -0.3 is 4.90 Å². The van der Waals surface area contributed by atoms with E-state index in [1.807, 2.05) is 0 Å². The Hall–Kier alpha value is -2.46. The van der Waals surface area contributed by atoms with Crippen molar-refractivity contribution >= 4 is 23.3 Å². The lowest BCUT2D eigenvalue weighted by atomic mass is 10.1. The van der Waals surface area contributed by atoms with Crippen LogP contribution in [0.3, 0.4) is 0 Å². The number of rotatable bonds is 9. The van der Waals surface area contributed by atoms with Gasteiger partial charge in [-0.05, 0) is 31.9 Å². The quantitative estimate of drug-likeness (QED) is 0.379. The zero-order valence-electron chi connectivity index (χ0n) is 20.5. The molecule has 1 unspecified atom stereocenters. The summed E-state index contributed by atoms with van der Waals surface area (Å²) in [5.74, 6) is -2.38. The van der Waals surface area contributed by atoms with E-state index in [1.54, 1.807) is 29.2 Å². The third kappa shape index (κ3) is 6.82. The number of anilines is 1. The zero-order chi connectivity index (χ0) is 25.6. The van der Waals surface area contributed by atoms with Crippen LogP contribution in [0.25, 0.3) is 0 Å². The van der Waals surface area contributed by atoms with Crippen molar-refractivity contribution in [3.05, 3.63) is 29.8 Å². The monoisotopic (exact) mass is 498 g/mol.